The average molecular weight is 239 g/mol. The molecule has 5 heteroatoms. The number of amides is 1. The van der Waals surface area contributed by atoms with Crippen LogP contribution in [0.1, 0.15) is 20.8 Å². The lowest BCUT2D eigenvalue weighted by atomic mass is 9.98. The molecular formula is C12H21N3O2. The van der Waals surface area contributed by atoms with Crippen LogP contribution in [0.5, 0.6) is 0 Å². The molecule has 1 amide bonds. The molecule has 0 aromatic rings. The first-order chi connectivity index (χ1) is 7.81. The van der Waals surface area contributed by atoms with E-state index in [1.807, 2.05) is 27.8 Å². The van der Waals surface area contributed by atoms with Gasteiger partial charge in [0.25, 0.3) is 0 Å². The maximum atomic E-state index is 11.5. The summed E-state index contributed by atoms with van der Waals surface area (Å²) in [6, 6.07) is 2.28. The van der Waals surface area contributed by atoms with E-state index in [4.69, 9.17) is 10.00 Å². The number of ether oxygens (including phenoxy) is 1. The average Bonchev–Trinajstić information content (AvgIpc) is 2.53. The summed E-state index contributed by atoms with van der Waals surface area (Å²) in [6.07, 6.45) is -0.413. The lowest BCUT2D eigenvalue weighted by molar-refractivity contribution is 0.0518. The van der Waals surface area contributed by atoms with Crippen LogP contribution in [0.3, 0.4) is 0 Å². The van der Waals surface area contributed by atoms with E-state index in [-0.39, 0.29) is 11.8 Å². The number of carbonyl (C=O) groups excluding carboxylic acids is 1. The molecule has 0 spiro atoms. The van der Waals surface area contributed by atoms with Gasteiger partial charge in [-0.05, 0) is 27.8 Å². The van der Waals surface area contributed by atoms with E-state index in [2.05, 4.69) is 16.3 Å². The van der Waals surface area contributed by atoms with E-state index in [1.165, 1.54) is 0 Å². The largest absolute Gasteiger partial charge is 0.444 e. The Morgan fingerprint density at radius 2 is 2.18 bits per heavy atom. The molecule has 1 aliphatic rings. The van der Waals surface area contributed by atoms with Gasteiger partial charge in [-0.25, -0.2) is 4.79 Å². The van der Waals surface area contributed by atoms with Gasteiger partial charge in [-0.15, -0.1) is 0 Å². The van der Waals surface area contributed by atoms with Crippen LogP contribution < -0.4 is 5.32 Å². The third-order valence-corrected chi connectivity index (χ3v) is 2.70. The van der Waals surface area contributed by atoms with Crippen molar-refractivity contribution in [3.63, 3.8) is 0 Å². The fraction of sp³-hybridized carbons (Fsp3) is 0.833. The fourth-order valence-electron chi connectivity index (χ4n) is 1.97. The van der Waals surface area contributed by atoms with Crippen LogP contribution in [0.4, 0.5) is 4.79 Å². The van der Waals surface area contributed by atoms with Gasteiger partial charge in [0, 0.05) is 25.6 Å². The summed E-state index contributed by atoms with van der Waals surface area (Å²) < 4.78 is 5.15. The van der Waals surface area contributed by atoms with Crippen molar-refractivity contribution < 1.29 is 9.53 Å². The first-order valence-electron chi connectivity index (χ1n) is 5.87. The highest BCUT2D eigenvalue weighted by Gasteiger charge is 2.31. The predicted octanol–water partition coefficient (Wildman–Crippen LogP) is 1.21. The number of rotatable bonds is 2. The van der Waals surface area contributed by atoms with Crippen LogP contribution in [-0.4, -0.2) is 43.3 Å². The molecule has 0 radical (unpaired) electrons. The summed E-state index contributed by atoms with van der Waals surface area (Å²) in [5.41, 5.74) is -0.481. The SMILES string of the molecule is CN1C[C@@H](CNC(=O)OC(C)(C)C)[C@H](C#N)C1. The molecule has 1 saturated heterocycles. The second kappa shape index (κ2) is 5.37. The standard InChI is InChI=1S/C12H21N3O2/c1-12(2,3)17-11(16)14-6-10-8-15(4)7-9(10)5-13/h9-10H,6-8H2,1-4H3,(H,14,16)/t9-,10-/m1/s1. The van der Waals surface area contributed by atoms with Crippen molar-refractivity contribution in [2.24, 2.45) is 11.8 Å². The first kappa shape index (κ1) is 13.8. The molecule has 1 heterocycles. The molecule has 0 aromatic heterocycles. The minimum atomic E-state index is -0.481. The third kappa shape index (κ3) is 4.61. The Hall–Kier alpha value is -1.28. The number of likely N-dealkylation sites (tertiary alicyclic amines) is 1. The summed E-state index contributed by atoms with van der Waals surface area (Å²) >= 11 is 0. The molecule has 0 aliphatic carbocycles. The van der Waals surface area contributed by atoms with E-state index >= 15 is 0 Å². The van der Waals surface area contributed by atoms with E-state index in [0.29, 0.717) is 6.54 Å². The Morgan fingerprint density at radius 1 is 1.53 bits per heavy atom. The zero-order valence-corrected chi connectivity index (χ0v) is 11.0. The van der Waals surface area contributed by atoms with Crippen LogP contribution in [0.15, 0.2) is 0 Å². The maximum Gasteiger partial charge on any atom is 0.407 e. The van der Waals surface area contributed by atoms with Crippen molar-refractivity contribution in [2.45, 2.75) is 26.4 Å². The lowest BCUT2D eigenvalue weighted by Crippen LogP contribution is -2.36. The third-order valence-electron chi connectivity index (χ3n) is 2.70. The molecular weight excluding hydrogens is 218 g/mol. The minimum Gasteiger partial charge on any atom is -0.444 e. The van der Waals surface area contributed by atoms with Gasteiger partial charge in [0.2, 0.25) is 0 Å². The quantitative estimate of drug-likeness (QED) is 0.786. The number of alkyl carbamates (subject to hydrolysis) is 1. The first-order valence-corrected chi connectivity index (χ1v) is 5.87. The van der Waals surface area contributed by atoms with Crippen molar-refractivity contribution in [1.29, 1.82) is 5.26 Å². The van der Waals surface area contributed by atoms with Crippen molar-refractivity contribution in [3.8, 4) is 6.07 Å². The Bertz CT molecular complexity index is 317. The van der Waals surface area contributed by atoms with Crippen LogP contribution in [-0.2, 0) is 4.74 Å². The van der Waals surface area contributed by atoms with Crippen LogP contribution >= 0.6 is 0 Å². The van der Waals surface area contributed by atoms with E-state index < -0.39 is 11.7 Å². The number of nitrogens with one attached hydrogen (secondary N) is 1. The highest BCUT2D eigenvalue weighted by atomic mass is 16.6. The Balaban J connectivity index is 2.36. The van der Waals surface area contributed by atoms with Gasteiger partial charge in [-0.2, -0.15) is 5.26 Å². The zero-order chi connectivity index (χ0) is 13.1. The highest BCUT2D eigenvalue weighted by molar-refractivity contribution is 5.67. The number of nitriles is 1. The molecule has 0 bridgehead atoms. The Morgan fingerprint density at radius 3 is 2.71 bits per heavy atom. The van der Waals surface area contributed by atoms with Gasteiger partial charge in [0.1, 0.15) is 5.60 Å². The lowest BCUT2D eigenvalue weighted by Gasteiger charge is -2.21. The molecule has 17 heavy (non-hydrogen) atoms. The highest BCUT2D eigenvalue weighted by Crippen LogP contribution is 2.20. The van der Waals surface area contributed by atoms with Crippen LogP contribution in [0, 0.1) is 23.2 Å². The molecule has 0 saturated carbocycles. The Kier molecular flexibility index (Phi) is 4.35. The predicted molar refractivity (Wildman–Crippen MR) is 64.3 cm³/mol. The van der Waals surface area contributed by atoms with Gasteiger partial charge >= 0.3 is 6.09 Å². The minimum absolute atomic E-state index is 0.00469. The number of carbonyl (C=O) groups is 1. The second-order valence-electron chi connectivity index (χ2n) is 5.60. The van der Waals surface area contributed by atoms with Crippen molar-refractivity contribution in [2.75, 3.05) is 26.7 Å². The monoisotopic (exact) mass is 239 g/mol. The maximum absolute atomic E-state index is 11.5. The molecule has 1 rings (SSSR count). The normalized spacial score (nSPS) is 25.4. The number of hydrogen-bond donors (Lipinski definition) is 1. The smallest absolute Gasteiger partial charge is 0.407 e. The molecule has 96 valence electrons. The second-order valence-corrected chi connectivity index (χ2v) is 5.60. The summed E-state index contributed by atoms with van der Waals surface area (Å²) in [7, 11) is 1.98. The summed E-state index contributed by atoms with van der Waals surface area (Å²) in [5.74, 6) is 0.187. The van der Waals surface area contributed by atoms with E-state index in [1.54, 1.807) is 0 Å². The summed E-state index contributed by atoms with van der Waals surface area (Å²) in [5, 5.41) is 11.7. The molecule has 1 fully saturated rings. The van der Waals surface area contributed by atoms with E-state index in [9.17, 15) is 4.79 Å². The van der Waals surface area contributed by atoms with Crippen molar-refractivity contribution in [3.05, 3.63) is 0 Å². The molecule has 0 aromatic carbocycles. The Labute approximate surface area is 103 Å². The van der Waals surface area contributed by atoms with Crippen molar-refractivity contribution >= 4 is 6.09 Å². The molecule has 0 unspecified atom stereocenters. The molecule has 5 nitrogen and oxygen atoms in total. The molecule has 1 aliphatic heterocycles. The summed E-state index contributed by atoms with van der Waals surface area (Å²) in [4.78, 5) is 13.6. The molecule has 1 N–H and O–H groups in total. The van der Waals surface area contributed by atoms with E-state index in [0.717, 1.165) is 13.1 Å². The topological polar surface area (TPSA) is 65.4 Å². The van der Waals surface area contributed by atoms with Crippen LogP contribution in [0.25, 0.3) is 0 Å². The van der Waals surface area contributed by atoms with Gasteiger partial charge in [0.15, 0.2) is 0 Å². The van der Waals surface area contributed by atoms with Gasteiger partial charge < -0.3 is 15.0 Å². The molecule has 2 atom stereocenters. The van der Waals surface area contributed by atoms with Crippen LogP contribution in [0.2, 0.25) is 0 Å². The van der Waals surface area contributed by atoms with Gasteiger partial charge in [-0.3, -0.25) is 0 Å². The number of nitrogens with zero attached hydrogens (tertiary/aromatic N) is 2. The van der Waals surface area contributed by atoms with Gasteiger partial charge in [0.05, 0.1) is 12.0 Å². The van der Waals surface area contributed by atoms with Crippen molar-refractivity contribution in [1.82, 2.24) is 10.2 Å². The van der Waals surface area contributed by atoms with Gasteiger partial charge in [-0.1, -0.05) is 0 Å². The zero-order valence-electron chi connectivity index (χ0n) is 11.0. The fourth-order valence-corrected chi connectivity index (χ4v) is 1.97. The summed E-state index contributed by atoms with van der Waals surface area (Å²) in [6.45, 7) is 7.60. The number of hydrogen-bond acceptors (Lipinski definition) is 4.